The van der Waals surface area contributed by atoms with Crippen LogP contribution in [0.1, 0.15) is 0 Å². The van der Waals surface area contributed by atoms with Crippen LogP contribution in [0.25, 0.3) is 22.2 Å². The normalized spacial score (nSPS) is 10.7. The number of nitrogens with zero attached hydrogens (tertiary/aromatic N) is 1. The molecule has 0 saturated carbocycles. The van der Waals surface area contributed by atoms with Gasteiger partial charge in [-0.2, -0.15) is 0 Å². The van der Waals surface area contributed by atoms with Crippen LogP contribution in [-0.2, 0) is 0 Å². The lowest BCUT2D eigenvalue weighted by Crippen LogP contribution is -1.82. The third-order valence-corrected chi connectivity index (χ3v) is 2.51. The molecule has 0 atom stereocenters. The Balaban J connectivity index is 2.19. The minimum atomic E-state index is 1.02. The van der Waals surface area contributed by atoms with Crippen molar-refractivity contribution in [3.63, 3.8) is 0 Å². The van der Waals surface area contributed by atoms with Crippen molar-refractivity contribution in [1.82, 2.24) is 9.97 Å². The molecule has 0 aliphatic carbocycles. The number of hydrogen-bond donors (Lipinski definition) is 1. The SMILES string of the molecule is c1ccc(-c2cc3cc[nH]c3cn2)cc1. The number of benzene rings is 1. The second kappa shape index (κ2) is 3.24. The van der Waals surface area contributed by atoms with E-state index in [1.807, 2.05) is 30.6 Å². The molecule has 0 amide bonds. The van der Waals surface area contributed by atoms with Gasteiger partial charge >= 0.3 is 0 Å². The van der Waals surface area contributed by atoms with Crippen molar-refractivity contribution in [2.75, 3.05) is 0 Å². The molecule has 2 nitrogen and oxygen atoms in total. The van der Waals surface area contributed by atoms with Gasteiger partial charge in [-0.25, -0.2) is 0 Å². The van der Waals surface area contributed by atoms with Crippen LogP contribution in [0, 0.1) is 0 Å². The van der Waals surface area contributed by atoms with Gasteiger partial charge in [0.25, 0.3) is 0 Å². The lowest BCUT2D eigenvalue weighted by atomic mass is 10.1. The Morgan fingerprint density at radius 2 is 1.87 bits per heavy atom. The number of aromatic amines is 1. The van der Waals surface area contributed by atoms with Crippen molar-refractivity contribution in [2.45, 2.75) is 0 Å². The quantitative estimate of drug-likeness (QED) is 0.633. The van der Waals surface area contributed by atoms with Crippen molar-refractivity contribution in [3.05, 3.63) is 54.9 Å². The number of aromatic nitrogens is 2. The summed E-state index contributed by atoms with van der Waals surface area (Å²) in [5.74, 6) is 0. The first-order chi connectivity index (χ1) is 7.43. The average molecular weight is 194 g/mol. The molecule has 0 unspecified atom stereocenters. The second-order valence-electron chi connectivity index (χ2n) is 3.50. The van der Waals surface area contributed by atoms with Crippen LogP contribution < -0.4 is 0 Å². The van der Waals surface area contributed by atoms with Gasteiger partial charge < -0.3 is 4.98 Å². The molecule has 1 N–H and O–H groups in total. The fraction of sp³-hybridized carbons (Fsp3) is 0. The first kappa shape index (κ1) is 8.24. The predicted molar refractivity (Wildman–Crippen MR) is 61.5 cm³/mol. The van der Waals surface area contributed by atoms with Gasteiger partial charge in [0.05, 0.1) is 17.4 Å². The largest absolute Gasteiger partial charge is 0.360 e. The maximum atomic E-state index is 4.42. The highest BCUT2D eigenvalue weighted by Crippen LogP contribution is 2.20. The summed E-state index contributed by atoms with van der Waals surface area (Å²) in [5, 5.41) is 1.20. The van der Waals surface area contributed by atoms with Crippen molar-refractivity contribution in [3.8, 4) is 11.3 Å². The number of hydrogen-bond acceptors (Lipinski definition) is 1. The first-order valence-corrected chi connectivity index (χ1v) is 4.92. The van der Waals surface area contributed by atoms with E-state index in [4.69, 9.17) is 0 Å². The van der Waals surface area contributed by atoms with Crippen LogP contribution in [0.3, 0.4) is 0 Å². The third kappa shape index (κ3) is 1.40. The lowest BCUT2D eigenvalue weighted by molar-refractivity contribution is 1.33. The number of fused-ring (bicyclic) bond motifs is 1. The predicted octanol–water partition coefficient (Wildman–Crippen LogP) is 3.23. The van der Waals surface area contributed by atoms with Crippen molar-refractivity contribution in [1.29, 1.82) is 0 Å². The maximum absolute atomic E-state index is 4.42. The van der Waals surface area contributed by atoms with E-state index >= 15 is 0 Å². The minimum Gasteiger partial charge on any atom is -0.360 e. The zero-order valence-electron chi connectivity index (χ0n) is 8.14. The molecule has 0 bridgehead atoms. The van der Waals surface area contributed by atoms with E-state index in [2.05, 4.69) is 34.2 Å². The number of nitrogens with one attached hydrogen (secondary N) is 1. The van der Waals surface area contributed by atoms with Crippen LogP contribution >= 0.6 is 0 Å². The molecule has 72 valence electrons. The first-order valence-electron chi connectivity index (χ1n) is 4.92. The molecule has 2 heteroatoms. The van der Waals surface area contributed by atoms with E-state index in [0.717, 1.165) is 16.8 Å². The Kier molecular flexibility index (Phi) is 1.78. The molecular formula is C13H10N2. The summed E-state index contributed by atoms with van der Waals surface area (Å²) in [7, 11) is 0. The van der Waals surface area contributed by atoms with Crippen molar-refractivity contribution in [2.24, 2.45) is 0 Å². The zero-order chi connectivity index (χ0) is 10.1. The summed E-state index contributed by atoms with van der Waals surface area (Å²) in [4.78, 5) is 7.55. The van der Waals surface area contributed by atoms with Gasteiger partial charge in [-0.1, -0.05) is 30.3 Å². The number of H-pyrrole nitrogens is 1. The van der Waals surface area contributed by atoms with E-state index in [0.29, 0.717) is 0 Å². The minimum absolute atomic E-state index is 1.02. The lowest BCUT2D eigenvalue weighted by Gasteiger charge is -1.99. The second-order valence-corrected chi connectivity index (χ2v) is 3.50. The molecule has 0 fully saturated rings. The maximum Gasteiger partial charge on any atom is 0.0709 e. The molecule has 1 aromatic carbocycles. The monoisotopic (exact) mass is 194 g/mol. The fourth-order valence-corrected chi connectivity index (χ4v) is 1.72. The van der Waals surface area contributed by atoms with E-state index in [9.17, 15) is 0 Å². The fourth-order valence-electron chi connectivity index (χ4n) is 1.72. The van der Waals surface area contributed by atoms with Gasteiger partial charge in [0.1, 0.15) is 0 Å². The molecular weight excluding hydrogens is 184 g/mol. The molecule has 3 rings (SSSR count). The molecule has 0 aliphatic heterocycles. The molecule has 0 aliphatic rings. The Bertz CT molecular complexity index is 582. The van der Waals surface area contributed by atoms with Gasteiger partial charge in [-0.3, -0.25) is 4.98 Å². The van der Waals surface area contributed by atoms with Gasteiger partial charge in [0.2, 0.25) is 0 Å². The third-order valence-electron chi connectivity index (χ3n) is 2.51. The van der Waals surface area contributed by atoms with E-state index in [1.165, 1.54) is 5.39 Å². The van der Waals surface area contributed by atoms with Crippen LogP contribution in [-0.4, -0.2) is 9.97 Å². The molecule has 2 aromatic heterocycles. The van der Waals surface area contributed by atoms with E-state index < -0.39 is 0 Å². The van der Waals surface area contributed by atoms with Gasteiger partial charge in [0, 0.05) is 17.1 Å². The van der Waals surface area contributed by atoms with Gasteiger partial charge in [-0.15, -0.1) is 0 Å². The summed E-state index contributed by atoms with van der Waals surface area (Å²) < 4.78 is 0. The summed E-state index contributed by atoms with van der Waals surface area (Å²) in [6.45, 7) is 0. The summed E-state index contributed by atoms with van der Waals surface area (Å²) in [6.07, 6.45) is 3.80. The van der Waals surface area contributed by atoms with E-state index in [-0.39, 0.29) is 0 Å². The molecule has 2 heterocycles. The smallest absolute Gasteiger partial charge is 0.0709 e. The Labute approximate surface area is 87.6 Å². The summed E-state index contributed by atoms with van der Waals surface area (Å²) >= 11 is 0. The van der Waals surface area contributed by atoms with Crippen LogP contribution in [0.5, 0.6) is 0 Å². The van der Waals surface area contributed by atoms with Crippen LogP contribution in [0.4, 0.5) is 0 Å². The highest BCUT2D eigenvalue weighted by molar-refractivity contribution is 5.82. The topological polar surface area (TPSA) is 28.7 Å². The molecule has 0 radical (unpaired) electrons. The van der Waals surface area contributed by atoms with Gasteiger partial charge in [0.15, 0.2) is 0 Å². The average Bonchev–Trinajstić information content (AvgIpc) is 2.77. The summed E-state index contributed by atoms with van der Waals surface area (Å²) in [5.41, 5.74) is 3.25. The molecule has 0 spiro atoms. The van der Waals surface area contributed by atoms with Crippen LogP contribution in [0.2, 0.25) is 0 Å². The number of rotatable bonds is 1. The Hall–Kier alpha value is -2.09. The standard InChI is InChI=1S/C13H10N2/c1-2-4-10(5-3-1)12-8-11-6-7-14-13(11)9-15-12/h1-9,14H. The van der Waals surface area contributed by atoms with Crippen molar-refractivity contribution < 1.29 is 0 Å². The molecule has 3 aromatic rings. The summed E-state index contributed by atoms with van der Waals surface area (Å²) in [6, 6.07) is 14.4. The Morgan fingerprint density at radius 1 is 1.00 bits per heavy atom. The Morgan fingerprint density at radius 3 is 2.73 bits per heavy atom. The van der Waals surface area contributed by atoms with E-state index in [1.54, 1.807) is 0 Å². The zero-order valence-corrected chi connectivity index (χ0v) is 8.14. The highest BCUT2D eigenvalue weighted by atomic mass is 14.7. The molecule has 0 saturated heterocycles. The van der Waals surface area contributed by atoms with Crippen molar-refractivity contribution >= 4 is 10.9 Å². The highest BCUT2D eigenvalue weighted by Gasteiger charge is 2.00. The van der Waals surface area contributed by atoms with Gasteiger partial charge in [-0.05, 0) is 12.1 Å². The van der Waals surface area contributed by atoms with Crippen LogP contribution in [0.15, 0.2) is 54.9 Å². The number of pyridine rings is 1. The molecule has 15 heavy (non-hydrogen) atoms.